The number of carbonyl (C=O) groups excluding carboxylic acids is 1. The molecule has 0 aliphatic carbocycles. The number of nitrogens with zero attached hydrogens (tertiary/aromatic N) is 3. The molecule has 0 saturated carbocycles. The molecule has 7 nitrogen and oxygen atoms in total. The highest BCUT2D eigenvalue weighted by atomic mass is 32.2. The summed E-state index contributed by atoms with van der Waals surface area (Å²) in [5, 5.41) is 21.7. The molecule has 0 atom stereocenters. The summed E-state index contributed by atoms with van der Waals surface area (Å²) in [6.07, 6.45) is -3.27. The molecule has 2 aromatic carbocycles. The molecule has 0 fully saturated rings. The van der Waals surface area contributed by atoms with Crippen LogP contribution in [0.4, 0.5) is 18.9 Å². The lowest BCUT2D eigenvalue weighted by molar-refractivity contribution is -0.141. The Bertz CT molecular complexity index is 1520. The molecule has 200 valence electrons. The molecular formula is C28H23F3N4O3S. The summed E-state index contributed by atoms with van der Waals surface area (Å²) in [6, 6.07) is 14.8. The SMILES string of the molecule is COc1ccc(C=C(C#N)C(=O)Nc2cc(C)ccc2OC)cc1CSc1nc(C(F)(F)F)cc(C)c1C#N. The highest BCUT2D eigenvalue weighted by molar-refractivity contribution is 7.98. The van der Waals surface area contributed by atoms with E-state index in [4.69, 9.17) is 9.47 Å². The van der Waals surface area contributed by atoms with E-state index in [-0.39, 0.29) is 27.5 Å². The van der Waals surface area contributed by atoms with E-state index in [1.807, 2.05) is 25.1 Å². The van der Waals surface area contributed by atoms with Gasteiger partial charge in [-0.1, -0.05) is 12.1 Å². The number of nitrogens with one attached hydrogen (secondary N) is 1. The van der Waals surface area contributed by atoms with Gasteiger partial charge in [0.1, 0.15) is 39.9 Å². The van der Waals surface area contributed by atoms with Crippen molar-refractivity contribution < 1.29 is 27.4 Å². The number of thioether (sulfide) groups is 1. The highest BCUT2D eigenvalue weighted by Gasteiger charge is 2.34. The lowest BCUT2D eigenvalue weighted by Gasteiger charge is -2.13. The quantitative estimate of drug-likeness (QED) is 0.195. The van der Waals surface area contributed by atoms with Gasteiger partial charge >= 0.3 is 6.18 Å². The number of hydrogen-bond donors (Lipinski definition) is 1. The Balaban J connectivity index is 1.91. The van der Waals surface area contributed by atoms with Crippen molar-refractivity contribution in [2.45, 2.75) is 30.8 Å². The lowest BCUT2D eigenvalue weighted by Crippen LogP contribution is -2.14. The van der Waals surface area contributed by atoms with E-state index in [0.29, 0.717) is 28.3 Å². The number of halogens is 3. The maximum absolute atomic E-state index is 13.3. The Kier molecular flexibility index (Phi) is 9.23. The van der Waals surface area contributed by atoms with Gasteiger partial charge in [-0.2, -0.15) is 23.7 Å². The second kappa shape index (κ2) is 12.4. The van der Waals surface area contributed by atoms with Crippen molar-refractivity contribution in [1.82, 2.24) is 4.98 Å². The first-order valence-corrected chi connectivity index (χ1v) is 12.4. The van der Waals surface area contributed by atoms with Crippen LogP contribution in [0.3, 0.4) is 0 Å². The zero-order chi connectivity index (χ0) is 28.7. The van der Waals surface area contributed by atoms with E-state index in [1.165, 1.54) is 27.2 Å². The van der Waals surface area contributed by atoms with Crippen LogP contribution in [0, 0.1) is 36.5 Å². The van der Waals surface area contributed by atoms with Crippen molar-refractivity contribution in [3.63, 3.8) is 0 Å². The Morgan fingerprint density at radius 2 is 1.77 bits per heavy atom. The summed E-state index contributed by atoms with van der Waals surface area (Å²) in [6.45, 7) is 3.27. The van der Waals surface area contributed by atoms with Crippen LogP contribution < -0.4 is 14.8 Å². The van der Waals surface area contributed by atoms with Gasteiger partial charge in [0.15, 0.2) is 0 Å². The number of pyridine rings is 1. The third-order valence-electron chi connectivity index (χ3n) is 5.53. The monoisotopic (exact) mass is 552 g/mol. The molecule has 1 amide bonds. The number of methoxy groups -OCH3 is 2. The molecule has 11 heteroatoms. The van der Waals surface area contributed by atoms with Gasteiger partial charge in [0, 0.05) is 11.3 Å². The average molecular weight is 553 g/mol. The van der Waals surface area contributed by atoms with E-state index >= 15 is 0 Å². The van der Waals surface area contributed by atoms with Gasteiger partial charge in [0.2, 0.25) is 0 Å². The number of aryl methyl sites for hydroxylation is 2. The smallest absolute Gasteiger partial charge is 0.433 e. The standard InChI is InChI=1S/C28H23F3N4O3S/c1-16-5-7-24(38-4)22(9-16)34-26(36)19(13-32)11-18-6-8-23(37-3)20(12-18)15-39-27-21(14-33)17(2)10-25(35-27)28(29,30)31/h5-12H,15H2,1-4H3,(H,34,36). The lowest BCUT2D eigenvalue weighted by atomic mass is 10.1. The van der Waals surface area contributed by atoms with Crippen LogP contribution in [0.15, 0.2) is 53.1 Å². The van der Waals surface area contributed by atoms with Crippen molar-refractivity contribution in [1.29, 1.82) is 10.5 Å². The van der Waals surface area contributed by atoms with E-state index in [0.717, 1.165) is 23.4 Å². The molecule has 1 N–H and O–H groups in total. The molecule has 1 heterocycles. The number of carbonyl (C=O) groups is 1. The Hall–Kier alpha value is -4.48. The fraction of sp³-hybridized carbons (Fsp3) is 0.214. The minimum absolute atomic E-state index is 0.0537. The average Bonchev–Trinajstić information content (AvgIpc) is 2.89. The molecule has 0 spiro atoms. The van der Waals surface area contributed by atoms with Gasteiger partial charge in [-0.25, -0.2) is 4.98 Å². The van der Waals surface area contributed by atoms with Gasteiger partial charge in [-0.05, 0) is 66.9 Å². The molecule has 1 aromatic heterocycles. The Morgan fingerprint density at radius 3 is 2.38 bits per heavy atom. The predicted molar refractivity (Wildman–Crippen MR) is 141 cm³/mol. The van der Waals surface area contributed by atoms with E-state index in [2.05, 4.69) is 10.3 Å². The van der Waals surface area contributed by atoms with Crippen molar-refractivity contribution in [3.8, 4) is 23.6 Å². The normalized spacial score (nSPS) is 11.4. The van der Waals surface area contributed by atoms with Gasteiger partial charge in [0.25, 0.3) is 5.91 Å². The molecule has 0 radical (unpaired) electrons. The number of anilines is 1. The number of rotatable bonds is 8. The third-order valence-corrected chi connectivity index (χ3v) is 6.56. The van der Waals surface area contributed by atoms with E-state index in [9.17, 15) is 28.5 Å². The van der Waals surface area contributed by atoms with Crippen LogP contribution >= 0.6 is 11.8 Å². The first-order chi connectivity index (χ1) is 18.5. The molecule has 0 saturated heterocycles. The molecule has 0 unspecified atom stereocenters. The molecule has 0 bridgehead atoms. The second-order valence-electron chi connectivity index (χ2n) is 8.30. The number of alkyl halides is 3. The number of ether oxygens (including phenoxy) is 2. The Labute approximate surface area is 227 Å². The first-order valence-electron chi connectivity index (χ1n) is 11.4. The molecule has 0 aliphatic rings. The number of nitriles is 2. The van der Waals surface area contributed by atoms with Gasteiger partial charge in [-0.15, -0.1) is 11.8 Å². The van der Waals surface area contributed by atoms with Crippen molar-refractivity contribution in [2.75, 3.05) is 19.5 Å². The number of benzene rings is 2. The summed E-state index contributed by atoms with van der Waals surface area (Å²) >= 11 is 0.953. The van der Waals surface area contributed by atoms with Gasteiger partial charge < -0.3 is 14.8 Å². The largest absolute Gasteiger partial charge is 0.496 e. The second-order valence-corrected chi connectivity index (χ2v) is 9.27. The summed E-state index contributed by atoms with van der Waals surface area (Å²) < 4.78 is 50.5. The molecule has 3 aromatic rings. The van der Waals surface area contributed by atoms with Gasteiger partial charge in [-0.3, -0.25) is 4.79 Å². The van der Waals surface area contributed by atoms with Crippen LogP contribution in [0.25, 0.3) is 6.08 Å². The van der Waals surface area contributed by atoms with Crippen molar-refractivity contribution in [3.05, 3.63) is 81.5 Å². The van der Waals surface area contributed by atoms with Crippen molar-refractivity contribution in [2.24, 2.45) is 0 Å². The summed E-state index contributed by atoms with van der Waals surface area (Å²) in [5.41, 5.74) is 1.31. The van der Waals surface area contributed by atoms with Crippen LogP contribution in [0.5, 0.6) is 11.5 Å². The fourth-order valence-electron chi connectivity index (χ4n) is 3.60. The van der Waals surface area contributed by atoms with Crippen LogP contribution in [-0.4, -0.2) is 25.1 Å². The zero-order valence-corrected chi connectivity index (χ0v) is 22.3. The minimum Gasteiger partial charge on any atom is -0.496 e. The third kappa shape index (κ3) is 7.09. The number of amides is 1. The Morgan fingerprint density at radius 1 is 1.08 bits per heavy atom. The van der Waals surface area contributed by atoms with Crippen LogP contribution in [0.2, 0.25) is 0 Å². The number of aromatic nitrogens is 1. The molecular weight excluding hydrogens is 529 g/mol. The molecule has 0 aliphatic heterocycles. The maximum Gasteiger partial charge on any atom is 0.433 e. The van der Waals surface area contributed by atoms with E-state index in [1.54, 1.807) is 30.3 Å². The van der Waals surface area contributed by atoms with Crippen LogP contribution in [-0.2, 0) is 16.7 Å². The summed E-state index contributed by atoms with van der Waals surface area (Å²) in [7, 11) is 2.91. The summed E-state index contributed by atoms with van der Waals surface area (Å²) in [4.78, 5) is 16.5. The summed E-state index contributed by atoms with van der Waals surface area (Å²) in [5.74, 6) is 0.344. The van der Waals surface area contributed by atoms with Crippen molar-refractivity contribution >= 4 is 29.4 Å². The molecule has 39 heavy (non-hydrogen) atoms. The molecule has 3 rings (SSSR count). The van der Waals surface area contributed by atoms with Crippen LogP contribution in [0.1, 0.15) is 33.5 Å². The number of hydrogen-bond acceptors (Lipinski definition) is 7. The topological polar surface area (TPSA) is 108 Å². The predicted octanol–water partition coefficient (Wildman–Crippen LogP) is 6.44. The fourth-order valence-corrected chi connectivity index (χ4v) is 4.63. The zero-order valence-electron chi connectivity index (χ0n) is 21.4. The van der Waals surface area contributed by atoms with Gasteiger partial charge in [0.05, 0.1) is 25.5 Å². The minimum atomic E-state index is -4.66. The van der Waals surface area contributed by atoms with E-state index < -0.39 is 17.8 Å². The first kappa shape index (κ1) is 29.1. The highest BCUT2D eigenvalue weighted by Crippen LogP contribution is 2.35. The maximum atomic E-state index is 13.3.